The van der Waals surface area contributed by atoms with Gasteiger partial charge >= 0.3 is 0 Å². The molecule has 5 heteroatoms. The first kappa shape index (κ1) is 14.4. The number of carbonyl (C=O) groups is 2. The Morgan fingerprint density at radius 1 is 1.13 bits per heavy atom. The average molecular weight is 232 g/mol. The number of hydrogen-bond acceptors (Lipinski definition) is 2. The van der Waals surface area contributed by atoms with Gasteiger partial charge in [0.05, 0.1) is 0 Å². The van der Waals surface area contributed by atoms with Crippen LogP contribution in [0.4, 0.5) is 4.79 Å². The molecule has 4 nitrogen and oxygen atoms in total. The van der Waals surface area contributed by atoms with Crippen LogP contribution in [0.2, 0.25) is 0 Å². The summed E-state index contributed by atoms with van der Waals surface area (Å²) in [6.07, 6.45) is 0. The van der Waals surface area contributed by atoms with Crippen LogP contribution in [-0.2, 0) is 4.79 Å². The Bertz CT molecular complexity index is 231. The van der Waals surface area contributed by atoms with E-state index in [2.05, 4.69) is 0 Å². The summed E-state index contributed by atoms with van der Waals surface area (Å²) in [6.45, 7) is 6.82. The molecule has 0 spiro atoms. The molecule has 1 unspecified atom stereocenters. The lowest BCUT2D eigenvalue weighted by Gasteiger charge is -2.23. The fraction of sp³-hybridized carbons (Fsp3) is 0.800. The maximum Gasteiger partial charge on any atom is 0.239 e. The Balaban J connectivity index is 3.95. The van der Waals surface area contributed by atoms with Gasteiger partial charge in [-0.15, -0.1) is 0 Å². The van der Waals surface area contributed by atoms with E-state index in [9.17, 15) is 9.59 Å². The summed E-state index contributed by atoms with van der Waals surface area (Å²) in [5.41, 5.74) is 0.139. The topological polar surface area (TPSA) is 40.6 Å². The van der Waals surface area contributed by atoms with E-state index in [-0.39, 0.29) is 26.1 Å². The van der Waals surface area contributed by atoms with Crippen molar-refractivity contribution in [3.63, 3.8) is 0 Å². The Hall–Kier alpha value is -0.630. The van der Waals surface area contributed by atoms with Gasteiger partial charge in [-0.3, -0.25) is 9.59 Å². The lowest BCUT2D eigenvalue weighted by molar-refractivity contribution is -0.133. The smallest absolute Gasteiger partial charge is 0.239 e. The van der Waals surface area contributed by atoms with Crippen LogP contribution in [0.15, 0.2) is 0 Å². The van der Waals surface area contributed by atoms with Crippen molar-refractivity contribution in [3.8, 4) is 0 Å². The monoisotopic (exact) mass is 232 g/mol. The molecule has 0 saturated heterocycles. The van der Waals surface area contributed by atoms with Gasteiger partial charge in [0.1, 0.15) is 0 Å². The van der Waals surface area contributed by atoms with Crippen LogP contribution in [-0.4, -0.2) is 55.2 Å². The van der Waals surface area contributed by atoms with Crippen LogP contribution in [0.5, 0.6) is 0 Å². The number of amides is 2. The molecule has 15 heavy (non-hydrogen) atoms. The average Bonchev–Trinajstić information content (AvgIpc) is 2.22. The third-order valence-electron chi connectivity index (χ3n) is 2.20. The van der Waals surface area contributed by atoms with Crippen molar-refractivity contribution in [2.45, 2.75) is 13.8 Å². The summed E-state index contributed by atoms with van der Waals surface area (Å²) in [7, 11) is 3.83. The van der Waals surface area contributed by atoms with Gasteiger partial charge in [0.25, 0.3) is 0 Å². The van der Waals surface area contributed by atoms with Crippen molar-refractivity contribution < 1.29 is 9.59 Å². The largest absolute Gasteiger partial charge is 0.344 e. The van der Waals surface area contributed by atoms with Crippen LogP contribution in [0.3, 0.4) is 0 Å². The Morgan fingerprint density at radius 2 is 1.60 bits per heavy atom. The fourth-order valence-corrected chi connectivity index (χ4v) is 1.64. The molecule has 0 N–H and O–H groups in total. The molecule has 0 fully saturated rings. The molecule has 0 aliphatic rings. The molecule has 0 aromatic heterocycles. The third-order valence-corrected chi connectivity index (χ3v) is 3.01. The molecule has 88 valence electrons. The van der Waals surface area contributed by atoms with E-state index in [1.54, 1.807) is 23.9 Å². The molecule has 0 aromatic carbocycles. The first-order valence-electron chi connectivity index (χ1n) is 5.08. The maximum atomic E-state index is 11.5. The van der Waals surface area contributed by atoms with Gasteiger partial charge in [-0.05, 0) is 15.2 Å². The van der Waals surface area contributed by atoms with Gasteiger partial charge in [-0.25, -0.2) is 0 Å². The summed E-state index contributed by atoms with van der Waals surface area (Å²) >= 11 is 0. The molecule has 0 saturated carbocycles. The van der Waals surface area contributed by atoms with Crippen LogP contribution in [0.25, 0.3) is 0 Å². The van der Waals surface area contributed by atoms with Gasteiger partial charge in [0, 0.05) is 33.1 Å². The van der Waals surface area contributed by atoms with Crippen LogP contribution in [0, 0.1) is 5.92 Å². The van der Waals surface area contributed by atoms with Gasteiger partial charge in [0.2, 0.25) is 11.6 Å². The number of carbonyl (C=O) groups excluding carboxylic acids is 2. The standard InChI is InChI=1S/C10H21N2O2P/c1-8(2)9(13)11(3)6-7-12(4)10(14)15-5/h8,15H,6-7H2,1-5H3. The Labute approximate surface area is 93.8 Å². The van der Waals surface area contributed by atoms with Gasteiger partial charge in [0.15, 0.2) is 0 Å². The minimum Gasteiger partial charge on any atom is -0.344 e. The SMILES string of the molecule is CPC(=O)N(C)CCN(C)C(=O)C(C)C. The van der Waals surface area contributed by atoms with Gasteiger partial charge in [-0.1, -0.05) is 13.8 Å². The Kier molecular flexibility index (Phi) is 6.50. The highest BCUT2D eigenvalue weighted by Gasteiger charge is 2.14. The highest BCUT2D eigenvalue weighted by atomic mass is 31.1. The second-order valence-corrected chi connectivity index (χ2v) is 4.82. The van der Waals surface area contributed by atoms with E-state index in [4.69, 9.17) is 0 Å². The Morgan fingerprint density at radius 3 is 2.00 bits per heavy atom. The van der Waals surface area contributed by atoms with E-state index in [0.717, 1.165) is 0 Å². The van der Waals surface area contributed by atoms with E-state index in [1.165, 1.54) is 0 Å². The summed E-state index contributed by atoms with van der Waals surface area (Å²) in [5, 5.41) is 0. The molecular weight excluding hydrogens is 211 g/mol. The lowest BCUT2D eigenvalue weighted by Crippen LogP contribution is -2.37. The van der Waals surface area contributed by atoms with Crippen molar-refractivity contribution in [2.75, 3.05) is 33.8 Å². The third kappa shape index (κ3) is 5.12. The molecule has 0 aliphatic carbocycles. The van der Waals surface area contributed by atoms with E-state index in [1.807, 2.05) is 20.5 Å². The highest BCUT2D eigenvalue weighted by Crippen LogP contribution is 2.09. The summed E-state index contributed by atoms with van der Waals surface area (Å²) < 4.78 is 0. The summed E-state index contributed by atoms with van der Waals surface area (Å²) in [5.74, 6) is 0.138. The van der Waals surface area contributed by atoms with Gasteiger partial charge < -0.3 is 9.80 Å². The normalized spacial score (nSPS) is 11.1. The molecule has 0 rings (SSSR count). The minimum atomic E-state index is 0.0176. The summed E-state index contributed by atoms with van der Waals surface area (Å²) in [4.78, 5) is 26.1. The van der Waals surface area contributed by atoms with Crippen LogP contribution in [0.1, 0.15) is 13.8 Å². The zero-order valence-electron chi connectivity index (χ0n) is 10.2. The molecule has 1 atom stereocenters. The van der Waals surface area contributed by atoms with Crippen molar-refractivity contribution in [1.82, 2.24) is 9.80 Å². The van der Waals surface area contributed by atoms with E-state index in [0.29, 0.717) is 13.1 Å². The molecular formula is C10H21N2O2P. The quantitative estimate of drug-likeness (QED) is 0.673. The van der Waals surface area contributed by atoms with Crippen LogP contribution >= 0.6 is 8.58 Å². The van der Waals surface area contributed by atoms with Gasteiger partial charge in [-0.2, -0.15) is 0 Å². The molecule has 0 aliphatic heterocycles. The fourth-order valence-electron chi connectivity index (χ4n) is 1.14. The predicted octanol–water partition coefficient (Wildman–Crippen LogP) is 1.46. The molecule has 0 radical (unpaired) electrons. The minimum absolute atomic E-state index is 0.0176. The lowest BCUT2D eigenvalue weighted by atomic mass is 10.2. The van der Waals surface area contributed by atoms with E-state index < -0.39 is 0 Å². The first-order chi connectivity index (χ1) is 6.90. The highest BCUT2D eigenvalue weighted by molar-refractivity contribution is 7.56. The molecule has 0 heterocycles. The summed E-state index contributed by atoms with van der Waals surface area (Å²) in [6, 6.07) is 0. The zero-order chi connectivity index (χ0) is 12.0. The number of nitrogens with zero attached hydrogens (tertiary/aromatic N) is 2. The number of likely N-dealkylation sites (N-methyl/N-ethyl adjacent to an activating group) is 2. The number of hydrogen-bond donors (Lipinski definition) is 0. The molecule has 0 bridgehead atoms. The van der Waals surface area contributed by atoms with Crippen molar-refractivity contribution in [3.05, 3.63) is 0 Å². The van der Waals surface area contributed by atoms with Crippen molar-refractivity contribution in [1.29, 1.82) is 0 Å². The van der Waals surface area contributed by atoms with Crippen LogP contribution < -0.4 is 0 Å². The second-order valence-electron chi connectivity index (χ2n) is 3.89. The first-order valence-corrected chi connectivity index (χ1v) is 6.58. The second kappa shape index (κ2) is 6.78. The zero-order valence-corrected chi connectivity index (χ0v) is 11.2. The van der Waals surface area contributed by atoms with Crippen molar-refractivity contribution >= 4 is 20.1 Å². The maximum absolute atomic E-state index is 11.5. The predicted molar refractivity (Wildman–Crippen MR) is 64.7 cm³/mol. The molecule has 2 amide bonds. The molecule has 0 aromatic rings. The van der Waals surface area contributed by atoms with E-state index >= 15 is 0 Å². The number of rotatable bonds is 5. The van der Waals surface area contributed by atoms with Crippen molar-refractivity contribution in [2.24, 2.45) is 5.92 Å².